The third-order valence-electron chi connectivity index (χ3n) is 7.29. The van der Waals surface area contributed by atoms with Crippen molar-refractivity contribution in [1.82, 2.24) is 0 Å². The van der Waals surface area contributed by atoms with E-state index in [1.165, 1.54) is 0 Å². The van der Waals surface area contributed by atoms with Crippen molar-refractivity contribution in [2.45, 2.75) is 77.4 Å². The molecule has 0 N–H and O–H groups in total. The average molecular weight is 413 g/mol. The van der Waals surface area contributed by atoms with Gasteiger partial charge < -0.3 is 9.47 Å². The quantitative estimate of drug-likeness (QED) is 0.607. The summed E-state index contributed by atoms with van der Waals surface area (Å²) in [5, 5.41) is 0. The normalized spacial score (nSPS) is 29.1. The Kier molecular flexibility index (Phi) is 5.99. The van der Waals surface area contributed by atoms with Crippen molar-refractivity contribution in [2.75, 3.05) is 0 Å². The first-order chi connectivity index (χ1) is 14.4. The van der Waals surface area contributed by atoms with Gasteiger partial charge in [0.05, 0.1) is 0 Å². The molecule has 5 heteroatoms. The number of hydrogen-bond acceptors (Lipinski definition) is 5. The fourth-order valence-corrected chi connectivity index (χ4v) is 5.64. The number of fused-ring (bicyclic) bond motifs is 2. The molecule has 1 aromatic carbocycles. The Labute approximate surface area is 178 Å². The van der Waals surface area contributed by atoms with Crippen molar-refractivity contribution in [3.8, 4) is 11.5 Å². The van der Waals surface area contributed by atoms with Crippen LogP contribution in [0.4, 0.5) is 0 Å². The molecule has 0 bridgehead atoms. The first-order valence-corrected chi connectivity index (χ1v) is 11.5. The fourth-order valence-electron chi connectivity index (χ4n) is 5.64. The van der Waals surface area contributed by atoms with E-state index in [0.717, 1.165) is 24.3 Å². The fraction of sp³-hybridized carbons (Fsp3) is 0.640. The van der Waals surface area contributed by atoms with Gasteiger partial charge >= 0.3 is 0 Å². The van der Waals surface area contributed by atoms with Gasteiger partial charge in [0.15, 0.2) is 11.5 Å². The predicted octanol–water partition coefficient (Wildman–Crippen LogP) is 4.90. The van der Waals surface area contributed by atoms with E-state index in [2.05, 4.69) is 6.92 Å². The molecule has 5 nitrogen and oxygen atoms in total. The maximum atomic E-state index is 12.5. The Morgan fingerprint density at radius 1 is 1.13 bits per heavy atom. The molecule has 0 radical (unpaired) electrons. The third kappa shape index (κ3) is 4.17. The molecule has 0 saturated heterocycles. The van der Waals surface area contributed by atoms with E-state index >= 15 is 0 Å². The van der Waals surface area contributed by atoms with Crippen molar-refractivity contribution in [3.05, 3.63) is 24.3 Å². The highest BCUT2D eigenvalue weighted by Crippen LogP contribution is 2.47. The van der Waals surface area contributed by atoms with E-state index in [9.17, 15) is 14.4 Å². The van der Waals surface area contributed by atoms with Gasteiger partial charge in [0.25, 0.3) is 0 Å². The Bertz CT molecular complexity index is 804. The lowest BCUT2D eigenvalue weighted by Gasteiger charge is -2.31. The van der Waals surface area contributed by atoms with Gasteiger partial charge in [-0.05, 0) is 50.2 Å². The monoisotopic (exact) mass is 412 g/mol. The van der Waals surface area contributed by atoms with Crippen LogP contribution in [-0.4, -0.2) is 23.1 Å². The number of carbonyl (C=O) groups excluding carboxylic acids is 3. The summed E-state index contributed by atoms with van der Waals surface area (Å²) in [6.07, 6.45) is 5.69. The van der Waals surface area contributed by atoms with Crippen LogP contribution in [0.5, 0.6) is 11.5 Å². The van der Waals surface area contributed by atoms with Crippen LogP contribution >= 0.6 is 0 Å². The molecule has 4 atom stereocenters. The summed E-state index contributed by atoms with van der Waals surface area (Å²) in [6, 6.07) is 7.60. The molecule has 0 aromatic heterocycles. The van der Waals surface area contributed by atoms with Gasteiger partial charge in [-0.25, -0.2) is 0 Å². The summed E-state index contributed by atoms with van der Waals surface area (Å²) in [7, 11) is 0. The largest absolute Gasteiger partial charge is 0.449 e. The second-order valence-corrected chi connectivity index (χ2v) is 9.34. The minimum atomic E-state index is -0.726. The van der Waals surface area contributed by atoms with Crippen LogP contribution < -0.4 is 9.47 Å². The number of para-hydroxylation sites is 2. The number of benzene rings is 1. The molecule has 4 unspecified atom stereocenters. The molecule has 30 heavy (non-hydrogen) atoms. The highest BCUT2D eigenvalue weighted by Gasteiger charge is 2.48. The topological polar surface area (TPSA) is 69.7 Å². The third-order valence-corrected chi connectivity index (χ3v) is 7.29. The van der Waals surface area contributed by atoms with E-state index < -0.39 is 5.79 Å². The summed E-state index contributed by atoms with van der Waals surface area (Å²) < 4.78 is 11.8. The number of carbonyl (C=O) groups is 3. The maximum absolute atomic E-state index is 12.5. The first-order valence-electron chi connectivity index (χ1n) is 11.5. The van der Waals surface area contributed by atoms with Crippen molar-refractivity contribution >= 4 is 17.3 Å². The summed E-state index contributed by atoms with van der Waals surface area (Å²) in [4.78, 5) is 37.6. The molecule has 162 valence electrons. The van der Waals surface area contributed by atoms with Crippen molar-refractivity contribution < 1.29 is 23.9 Å². The van der Waals surface area contributed by atoms with Crippen LogP contribution in [0.15, 0.2) is 24.3 Å². The molecule has 2 fully saturated rings. The summed E-state index contributed by atoms with van der Waals surface area (Å²) >= 11 is 0. The van der Waals surface area contributed by atoms with E-state index in [1.54, 1.807) is 0 Å². The zero-order chi connectivity index (χ0) is 21.3. The van der Waals surface area contributed by atoms with Crippen LogP contribution in [0, 0.1) is 23.7 Å². The molecule has 2 aliphatic carbocycles. The molecule has 3 aliphatic rings. The number of ether oxygens (including phenoxy) is 2. The van der Waals surface area contributed by atoms with Crippen LogP contribution in [0.25, 0.3) is 0 Å². The van der Waals surface area contributed by atoms with E-state index in [4.69, 9.17) is 9.47 Å². The molecule has 2 saturated carbocycles. The highest BCUT2D eigenvalue weighted by atomic mass is 16.7. The van der Waals surface area contributed by atoms with E-state index in [0.29, 0.717) is 50.7 Å². The van der Waals surface area contributed by atoms with Gasteiger partial charge in [-0.3, -0.25) is 14.4 Å². The predicted molar refractivity (Wildman–Crippen MR) is 112 cm³/mol. The molecule has 4 rings (SSSR count). The minimum Gasteiger partial charge on any atom is -0.449 e. The Morgan fingerprint density at radius 2 is 1.83 bits per heavy atom. The number of Topliss-reactive ketones (excluding diaryl/α,β-unsaturated/α-hetero) is 3. The number of hydrogen-bond donors (Lipinski definition) is 0. The van der Waals surface area contributed by atoms with Gasteiger partial charge in [0, 0.05) is 50.4 Å². The zero-order valence-electron chi connectivity index (χ0n) is 18.0. The second kappa shape index (κ2) is 8.52. The van der Waals surface area contributed by atoms with Crippen molar-refractivity contribution in [3.63, 3.8) is 0 Å². The SMILES string of the molecule is CCC1CC2C(CCC(=O)CCCC3(C)Oc4ccccc4O3)C(=O)CCC2C1=O. The molecular formula is C25H32O5. The average Bonchev–Trinajstić information content (AvgIpc) is 3.23. The highest BCUT2D eigenvalue weighted by molar-refractivity contribution is 5.91. The van der Waals surface area contributed by atoms with Gasteiger partial charge in [0.1, 0.15) is 17.3 Å². The molecule has 1 aromatic rings. The minimum absolute atomic E-state index is 0.0472. The number of ketones is 3. The Balaban J connectivity index is 1.24. The van der Waals surface area contributed by atoms with E-state index in [-0.39, 0.29) is 35.2 Å². The van der Waals surface area contributed by atoms with Crippen molar-refractivity contribution in [1.29, 1.82) is 0 Å². The van der Waals surface area contributed by atoms with Crippen LogP contribution in [0.1, 0.15) is 71.6 Å². The van der Waals surface area contributed by atoms with Crippen LogP contribution in [0.2, 0.25) is 0 Å². The number of rotatable bonds is 8. The van der Waals surface area contributed by atoms with Gasteiger partial charge in [-0.15, -0.1) is 0 Å². The zero-order valence-corrected chi connectivity index (χ0v) is 18.0. The first kappa shape index (κ1) is 21.1. The summed E-state index contributed by atoms with van der Waals surface area (Å²) in [6.45, 7) is 3.95. The van der Waals surface area contributed by atoms with Gasteiger partial charge in [-0.2, -0.15) is 0 Å². The lowest BCUT2D eigenvalue weighted by molar-refractivity contribution is -0.131. The summed E-state index contributed by atoms with van der Waals surface area (Å²) in [5.41, 5.74) is 0. The smallest absolute Gasteiger partial charge is 0.248 e. The molecule has 0 spiro atoms. The molecule has 1 aliphatic heterocycles. The standard InChI is InChI=1S/C25H32O5/c1-3-16-15-20-18(21(27)13-12-19(20)24(16)28)11-10-17(26)7-6-14-25(2)29-22-8-4-5-9-23(22)30-25/h4-5,8-9,16,18-20H,3,6-7,10-15H2,1-2H3. The summed E-state index contributed by atoms with van der Waals surface area (Å²) in [5.74, 6) is 1.77. The van der Waals surface area contributed by atoms with Crippen LogP contribution in [0.3, 0.4) is 0 Å². The Hall–Kier alpha value is -2.17. The second-order valence-electron chi connectivity index (χ2n) is 9.34. The lowest BCUT2D eigenvalue weighted by atomic mass is 9.71. The Morgan fingerprint density at radius 3 is 2.50 bits per heavy atom. The maximum Gasteiger partial charge on any atom is 0.248 e. The van der Waals surface area contributed by atoms with Crippen LogP contribution in [-0.2, 0) is 14.4 Å². The van der Waals surface area contributed by atoms with Crippen molar-refractivity contribution in [2.24, 2.45) is 23.7 Å². The molecule has 1 heterocycles. The van der Waals surface area contributed by atoms with E-state index in [1.807, 2.05) is 31.2 Å². The molecular weight excluding hydrogens is 380 g/mol. The lowest BCUT2D eigenvalue weighted by Crippen LogP contribution is -2.35. The van der Waals surface area contributed by atoms with Gasteiger partial charge in [0.2, 0.25) is 5.79 Å². The van der Waals surface area contributed by atoms with Gasteiger partial charge in [-0.1, -0.05) is 19.1 Å². The molecule has 0 amide bonds.